The Bertz CT molecular complexity index is 163. The Balaban J connectivity index is 2.39. The van der Waals surface area contributed by atoms with E-state index < -0.39 is 0 Å². The van der Waals surface area contributed by atoms with Crippen molar-refractivity contribution < 1.29 is 0 Å². The lowest BCUT2D eigenvalue weighted by Crippen LogP contribution is -2.25. The van der Waals surface area contributed by atoms with Crippen molar-refractivity contribution in [3.8, 4) is 0 Å². The van der Waals surface area contributed by atoms with Gasteiger partial charge in [0.1, 0.15) is 0 Å². The first-order valence-corrected chi connectivity index (χ1v) is 5.67. The van der Waals surface area contributed by atoms with Crippen LogP contribution in [0.1, 0.15) is 53.4 Å². The molecule has 1 fully saturated rings. The fraction of sp³-hybridized carbons (Fsp3) is 0.846. The summed E-state index contributed by atoms with van der Waals surface area (Å²) in [6, 6.07) is 0. The molecule has 1 aliphatic rings. The Labute approximate surface area is 83.4 Å². The highest BCUT2D eigenvalue weighted by Crippen LogP contribution is 2.39. The molecule has 0 radical (unpaired) electrons. The molecule has 0 heterocycles. The second kappa shape index (κ2) is 4.30. The summed E-state index contributed by atoms with van der Waals surface area (Å²) in [4.78, 5) is 0. The minimum absolute atomic E-state index is 0.529. The van der Waals surface area contributed by atoms with Crippen molar-refractivity contribution in [3.05, 3.63) is 12.2 Å². The van der Waals surface area contributed by atoms with Crippen LogP contribution in [-0.2, 0) is 0 Å². The molecule has 0 aromatic rings. The minimum atomic E-state index is 0.529. The predicted molar refractivity (Wildman–Crippen MR) is 59.7 cm³/mol. The maximum Gasteiger partial charge on any atom is -0.0233 e. The Morgan fingerprint density at radius 2 is 1.54 bits per heavy atom. The van der Waals surface area contributed by atoms with Crippen molar-refractivity contribution in [3.63, 3.8) is 0 Å². The van der Waals surface area contributed by atoms with Crippen molar-refractivity contribution >= 4 is 0 Å². The van der Waals surface area contributed by atoms with E-state index in [2.05, 4.69) is 39.8 Å². The van der Waals surface area contributed by atoms with Crippen LogP contribution in [0.5, 0.6) is 0 Å². The van der Waals surface area contributed by atoms with E-state index in [1.54, 1.807) is 0 Å². The summed E-state index contributed by atoms with van der Waals surface area (Å²) in [6.45, 7) is 9.28. The van der Waals surface area contributed by atoms with Gasteiger partial charge in [-0.2, -0.15) is 0 Å². The average molecular weight is 180 g/mol. The predicted octanol–water partition coefficient (Wildman–Crippen LogP) is 4.42. The molecule has 0 aromatic carbocycles. The number of rotatable bonds is 1. The fourth-order valence-electron chi connectivity index (χ4n) is 2.45. The summed E-state index contributed by atoms with van der Waals surface area (Å²) in [5.74, 6) is 1.83. The maximum atomic E-state index is 2.39. The molecule has 76 valence electrons. The van der Waals surface area contributed by atoms with Crippen LogP contribution in [-0.4, -0.2) is 0 Å². The largest absolute Gasteiger partial charge is 0.0914 e. The molecule has 0 aliphatic heterocycles. The molecule has 0 saturated heterocycles. The normalized spacial score (nSPS) is 31.1. The molecule has 1 rings (SSSR count). The molecule has 0 amide bonds. The van der Waals surface area contributed by atoms with Crippen molar-refractivity contribution in [2.75, 3.05) is 0 Å². The van der Waals surface area contributed by atoms with Gasteiger partial charge in [-0.15, -0.1) is 0 Å². The summed E-state index contributed by atoms with van der Waals surface area (Å²) in [5, 5.41) is 0. The van der Waals surface area contributed by atoms with E-state index in [1.807, 2.05) is 0 Å². The van der Waals surface area contributed by atoms with Gasteiger partial charge in [0.25, 0.3) is 0 Å². The third kappa shape index (κ3) is 3.17. The molecule has 0 spiro atoms. The van der Waals surface area contributed by atoms with Crippen molar-refractivity contribution in [2.45, 2.75) is 53.4 Å². The quantitative estimate of drug-likeness (QED) is 0.524. The van der Waals surface area contributed by atoms with E-state index in [-0.39, 0.29) is 0 Å². The molecule has 0 unspecified atom stereocenters. The van der Waals surface area contributed by atoms with Crippen LogP contribution in [0.2, 0.25) is 0 Å². The Morgan fingerprint density at radius 3 is 1.92 bits per heavy atom. The van der Waals surface area contributed by atoms with Crippen LogP contribution in [0, 0.1) is 17.3 Å². The van der Waals surface area contributed by atoms with Crippen molar-refractivity contribution in [1.82, 2.24) is 0 Å². The molecule has 13 heavy (non-hydrogen) atoms. The zero-order chi connectivity index (χ0) is 9.90. The van der Waals surface area contributed by atoms with Crippen LogP contribution in [0.25, 0.3) is 0 Å². The Hall–Kier alpha value is -0.260. The number of allylic oxidation sites excluding steroid dienone is 2. The van der Waals surface area contributed by atoms with Gasteiger partial charge in [-0.3, -0.25) is 0 Å². The molecule has 0 aromatic heterocycles. The highest BCUT2D eigenvalue weighted by atomic mass is 14.3. The van der Waals surface area contributed by atoms with E-state index in [0.29, 0.717) is 5.41 Å². The Morgan fingerprint density at radius 1 is 1.00 bits per heavy atom. The summed E-state index contributed by atoms with van der Waals surface area (Å²) < 4.78 is 0. The van der Waals surface area contributed by atoms with Crippen molar-refractivity contribution in [1.29, 1.82) is 0 Å². The molecule has 0 heteroatoms. The van der Waals surface area contributed by atoms with E-state index in [4.69, 9.17) is 0 Å². The Kier molecular flexibility index (Phi) is 3.58. The zero-order valence-electron chi connectivity index (χ0n) is 9.64. The fourth-order valence-corrected chi connectivity index (χ4v) is 2.45. The van der Waals surface area contributed by atoms with Crippen LogP contribution in [0.15, 0.2) is 12.2 Å². The summed E-state index contributed by atoms with van der Waals surface area (Å²) in [6.07, 6.45) is 10.3. The average Bonchev–Trinajstić information content (AvgIpc) is 2.04. The van der Waals surface area contributed by atoms with Gasteiger partial charge in [-0.1, -0.05) is 32.9 Å². The zero-order valence-corrected chi connectivity index (χ0v) is 9.64. The second-order valence-electron chi connectivity index (χ2n) is 5.50. The first-order chi connectivity index (χ1) is 6.04. The van der Waals surface area contributed by atoms with Crippen LogP contribution < -0.4 is 0 Å². The highest BCUT2D eigenvalue weighted by molar-refractivity contribution is 4.90. The summed E-state index contributed by atoms with van der Waals surface area (Å²) >= 11 is 0. The van der Waals surface area contributed by atoms with Gasteiger partial charge in [-0.25, -0.2) is 0 Å². The van der Waals surface area contributed by atoms with Crippen molar-refractivity contribution in [2.24, 2.45) is 17.3 Å². The van der Waals surface area contributed by atoms with Gasteiger partial charge >= 0.3 is 0 Å². The molecule has 1 aliphatic carbocycles. The lowest BCUT2D eigenvalue weighted by Gasteiger charge is -2.36. The third-order valence-electron chi connectivity index (χ3n) is 3.46. The highest BCUT2D eigenvalue weighted by Gasteiger charge is 2.28. The number of hydrogen-bond acceptors (Lipinski definition) is 0. The van der Waals surface area contributed by atoms with Crippen LogP contribution >= 0.6 is 0 Å². The SMILES string of the molecule is C/C=C/C1CCC(C(C)(C)C)CC1. The van der Waals surface area contributed by atoms with E-state index in [1.165, 1.54) is 25.7 Å². The maximum absolute atomic E-state index is 2.39. The van der Waals surface area contributed by atoms with Gasteiger partial charge in [0.05, 0.1) is 0 Å². The lowest BCUT2D eigenvalue weighted by molar-refractivity contribution is 0.163. The van der Waals surface area contributed by atoms with Crippen LogP contribution in [0.3, 0.4) is 0 Å². The van der Waals surface area contributed by atoms with E-state index >= 15 is 0 Å². The topological polar surface area (TPSA) is 0 Å². The molecular formula is C13H24. The molecular weight excluding hydrogens is 156 g/mol. The van der Waals surface area contributed by atoms with E-state index in [9.17, 15) is 0 Å². The first kappa shape index (κ1) is 10.8. The minimum Gasteiger partial charge on any atom is -0.0914 e. The molecule has 0 N–H and O–H groups in total. The lowest BCUT2D eigenvalue weighted by atomic mass is 9.70. The monoisotopic (exact) mass is 180 g/mol. The van der Waals surface area contributed by atoms with Gasteiger partial charge in [0.2, 0.25) is 0 Å². The van der Waals surface area contributed by atoms with Crippen LogP contribution in [0.4, 0.5) is 0 Å². The third-order valence-corrected chi connectivity index (χ3v) is 3.46. The van der Waals surface area contributed by atoms with E-state index in [0.717, 1.165) is 11.8 Å². The summed E-state index contributed by atoms with van der Waals surface area (Å²) in [5.41, 5.74) is 0.529. The smallest absolute Gasteiger partial charge is 0.0233 e. The molecule has 0 bridgehead atoms. The second-order valence-corrected chi connectivity index (χ2v) is 5.50. The first-order valence-electron chi connectivity index (χ1n) is 5.67. The molecule has 0 atom stereocenters. The summed E-state index contributed by atoms with van der Waals surface area (Å²) in [7, 11) is 0. The van der Waals surface area contributed by atoms with Gasteiger partial charge in [0, 0.05) is 0 Å². The van der Waals surface area contributed by atoms with Gasteiger partial charge in [-0.05, 0) is 49.9 Å². The molecule has 0 nitrogen and oxygen atoms in total. The standard InChI is InChI=1S/C13H24/c1-5-6-11-7-9-12(10-8-11)13(2,3)4/h5-6,11-12H,7-10H2,1-4H3/b6-5+. The molecule has 1 saturated carbocycles. The van der Waals surface area contributed by atoms with Gasteiger partial charge in [0.15, 0.2) is 0 Å². The number of hydrogen-bond donors (Lipinski definition) is 0. The van der Waals surface area contributed by atoms with Gasteiger partial charge < -0.3 is 0 Å².